The topological polar surface area (TPSA) is 96.9 Å². The predicted molar refractivity (Wildman–Crippen MR) is 80.0 cm³/mol. The normalized spacial score (nSPS) is 12.5. The molecule has 122 valence electrons. The van der Waals surface area contributed by atoms with Gasteiger partial charge >= 0.3 is 12.1 Å². The number of alkyl carbamates (subject to hydrolysis) is 1. The number of rotatable bonds is 7. The average Bonchev–Trinajstić information content (AvgIpc) is 2.43. The van der Waals surface area contributed by atoms with Crippen LogP contribution in [-0.2, 0) is 21.0 Å². The third-order valence-electron chi connectivity index (χ3n) is 2.47. The molecule has 0 heterocycles. The smallest absolute Gasteiger partial charge is 0.408 e. The summed E-state index contributed by atoms with van der Waals surface area (Å²) in [5, 5.41) is 11.3. The minimum absolute atomic E-state index is 0.0743. The number of carbonyl (C=O) groups is 2. The van der Waals surface area contributed by atoms with Gasteiger partial charge in [-0.2, -0.15) is 5.48 Å². The summed E-state index contributed by atoms with van der Waals surface area (Å²) in [6.45, 7) is 5.45. The highest BCUT2D eigenvalue weighted by Gasteiger charge is 2.21. The Labute approximate surface area is 129 Å². The number of aliphatic carboxylic acids is 1. The second-order valence-corrected chi connectivity index (χ2v) is 5.66. The number of amides is 1. The van der Waals surface area contributed by atoms with Crippen LogP contribution in [0, 0.1) is 0 Å². The molecule has 1 amide bonds. The molecular formula is C15H22N2O5. The summed E-state index contributed by atoms with van der Waals surface area (Å²) in [5.41, 5.74) is 2.89. The Morgan fingerprint density at radius 3 is 2.41 bits per heavy atom. The van der Waals surface area contributed by atoms with E-state index >= 15 is 0 Å². The molecule has 0 aromatic heterocycles. The number of carbonyl (C=O) groups excluding carboxylic acids is 1. The minimum Gasteiger partial charge on any atom is -0.480 e. The molecule has 0 bridgehead atoms. The van der Waals surface area contributed by atoms with Gasteiger partial charge in [-0.3, -0.25) is 4.84 Å². The lowest BCUT2D eigenvalue weighted by molar-refractivity contribution is -0.141. The molecule has 0 spiro atoms. The van der Waals surface area contributed by atoms with Gasteiger partial charge in [0.1, 0.15) is 12.6 Å². The van der Waals surface area contributed by atoms with Gasteiger partial charge in [0.25, 0.3) is 0 Å². The zero-order valence-electron chi connectivity index (χ0n) is 13.0. The van der Waals surface area contributed by atoms with Gasteiger partial charge in [-0.05, 0) is 26.3 Å². The van der Waals surface area contributed by atoms with Gasteiger partial charge in [0.05, 0.1) is 12.1 Å². The van der Waals surface area contributed by atoms with Gasteiger partial charge in [0, 0.05) is 0 Å². The summed E-state index contributed by atoms with van der Waals surface area (Å²) in [7, 11) is 0. The van der Waals surface area contributed by atoms with E-state index in [9.17, 15) is 9.59 Å². The molecule has 0 fully saturated rings. The first-order chi connectivity index (χ1) is 10.3. The molecule has 0 saturated carbocycles. The first kappa shape index (κ1) is 17.9. The lowest BCUT2D eigenvalue weighted by Gasteiger charge is -2.21. The number of hydrogen-bond donors (Lipinski definition) is 3. The molecule has 1 aromatic carbocycles. The molecule has 22 heavy (non-hydrogen) atoms. The van der Waals surface area contributed by atoms with Crippen LogP contribution in [0.1, 0.15) is 26.3 Å². The highest BCUT2D eigenvalue weighted by molar-refractivity contribution is 5.80. The maximum Gasteiger partial charge on any atom is 0.408 e. The van der Waals surface area contributed by atoms with Crippen LogP contribution in [0.3, 0.4) is 0 Å². The van der Waals surface area contributed by atoms with E-state index in [0.29, 0.717) is 0 Å². The molecule has 0 aliphatic carbocycles. The van der Waals surface area contributed by atoms with Crippen molar-refractivity contribution in [3.63, 3.8) is 0 Å². The Kier molecular flexibility index (Phi) is 6.81. The fraction of sp³-hybridized carbons (Fsp3) is 0.467. The van der Waals surface area contributed by atoms with Crippen molar-refractivity contribution in [3.05, 3.63) is 35.9 Å². The lowest BCUT2D eigenvalue weighted by Crippen LogP contribution is -2.48. The average molecular weight is 310 g/mol. The molecule has 1 rings (SSSR count). The van der Waals surface area contributed by atoms with E-state index in [2.05, 4.69) is 10.8 Å². The SMILES string of the molecule is CC(C)(C)ONC[C@H](NC(=O)OCc1ccccc1)C(=O)O. The van der Waals surface area contributed by atoms with Crippen LogP contribution in [0.25, 0.3) is 0 Å². The van der Waals surface area contributed by atoms with Crippen molar-refractivity contribution in [2.45, 2.75) is 39.0 Å². The number of carboxylic acid groups (broad SMARTS) is 1. The van der Waals surface area contributed by atoms with E-state index in [1.165, 1.54) is 0 Å². The van der Waals surface area contributed by atoms with E-state index < -0.39 is 23.7 Å². The van der Waals surface area contributed by atoms with E-state index in [1.54, 1.807) is 12.1 Å². The van der Waals surface area contributed by atoms with Crippen LogP contribution in [-0.4, -0.2) is 35.4 Å². The van der Waals surface area contributed by atoms with Crippen LogP contribution in [0.15, 0.2) is 30.3 Å². The van der Waals surface area contributed by atoms with Crippen LogP contribution < -0.4 is 10.8 Å². The molecule has 3 N–H and O–H groups in total. The Morgan fingerprint density at radius 2 is 1.86 bits per heavy atom. The minimum atomic E-state index is -1.18. The molecule has 0 aliphatic rings. The maximum absolute atomic E-state index is 11.6. The highest BCUT2D eigenvalue weighted by Crippen LogP contribution is 2.04. The molecule has 7 heteroatoms. The van der Waals surface area contributed by atoms with Gasteiger partial charge in [0.2, 0.25) is 0 Å². The van der Waals surface area contributed by atoms with Crippen molar-refractivity contribution in [2.75, 3.05) is 6.54 Å². The second kappa shape index (κ2) is 8.35. The second-order valence-electron chi connectivity index (χ2n) is 5.66. The molecule has 0 aliphatic heterocycles. The molecule has 0 unspecified atom stereocenters. The monoisotopic (exact) mass is 310 g/mol. The summed E-state index contributed by atoms with van der Waals surface area (Å²) in [4.78, 5) is 27.9. The fourth-order valence-corrected chi connectivity index (χ4v) is 1.45. The Balaban J connectivity index is 2.39. The summed E-state index contributed by atoms with van der Waals surface area (Å²) in [6.07, 6.45) is -0.797. The van der Waals surface area contributed by atoms with Gasteiger partial charge in [0.15, 0.2) is 0 Å². The molecular weight excluding hydrogens is 288 g/mol. The van der Waals surface area contributed by atoms with Gasteiger partial charge in [-0.1, -0.05) is 30.3 Å². The van der Waals surface area contributed by atoms with E-state index in [1.807, 2.05) is 39.0 Å². The van der Waals surface area contributed by atoms with E-state index in [4.69, 9.17) is 14.7 Å². The predicted octanol–water partition coefficient (Wildman–Crippen LogP) is 1.69. The van der Waals surface area contributed by atoms with Crippen LogP contribution >= 0.6 is 0 Å². The van der Waals surface area contributed by atoms with E-state index in [-0.39, 0.29) is 13.2 Å². The summed E-state index contributed by atoms with van der Waals surface area (Å²) >= 11 is 0. The molecule has 1 aromatic rings. The number of hydroxylamine groups is 1. The first-order valence-corrected chi connectivity index (χ1v) is 6.89. The van der Waals surface area contributed by atoms with Crippen LogP contribution in [0.5, 0.6) is 0 Å². The zero-order valence-corrected chi connectivity index (χ0v) is 13.0. The van der Waals surface area contributed by atoms with Crippen molar-refractivity contribution < 1.29 is 24.3 Å². The Morgan fingerprint density at radius 1 is 1.23 bits per heavy atom. The molecule has 1 atom stereocenters. The number of hydrogen-bond acceptors (Lipinski definition) is 5. The Bertz CT molecular complexity index is 484. The standard InChI is InChI=1S/C15H22N2O5/c1-15(2,3)22-16-9-12(13(18)19)17-14(20)21-10-11-7-5-4-6-8-11/h4-8,12,16H,9-10H2,1-3H3,(H,17,20)(H,18,19)/t12-/m0/s1. The van der Waals surface area contributed by atoms with Crippen LogP contribution in [0.4, 0.5) is 4.79 Å². The van der Waals surface area contributed by atoms with Crippen LogP contribution in [0.2, 0.25) is 0 Å². The fourth-order valence-electron chi connectivity index (χ4n) is 1.45. The number of carboxylic acids is 1. The first-order valence-electron chi connectivity index (χ1n) is 6.89. The largest absolute Gasteiger partial charge is 0.480 e. The molecule has 7 nitrogen and oxygen atoms in total. The van der Waals surface area contributed by atoms with Gasteiger partial charge in [-0.25, -0.2) is 9.59 Å². The van der Waals surface area contributed by atoms with Gasteiger partial charge < -0.3 is 15.2 Å². The molecule has 0 saturated heterocycles. The number of nitrogens with one attached hydrogen (secondary N) is 2. The maximum atomic E-state index is 11.6. The van der Waals surface area contributed by atoms with Crippen molar-refractivity contribution >= 4 is 12.1 Å². The number of benzene rings is 1. The van der Waals surface area contributed by atoms with Crippen molar-refractivity contribution in [3.8, 4) is 0 Å². The molecule has 0 radical (unpaired) electrons. The zero-order chi connectivity index (χ0) is 16.6. The summed E-state index contributed by atoms with van der Waals surface area (Å²) in [5.74, 6) is -1.18. The van der Waals surface area contributed by atoms with Crippen molar-refractivity contribution in [2.24, 2.45) is 0 Å². The number of ether oxygens (including phenoxy) is 1. The third kappa shape index (κ3) is 7.61. The Hall–Kier alpha value is -2.12. The van der Waals surface area contributed by atoms with Gasteiger partial charge in [-0.15, -0.1) is 0 Å². The highest BCUT2D eigenvalue weighted by atomic mass is 16.7. The van der Waals surface area contributed by atoms with Crippen molar-refractivity contribution in [1.29, 1.82) is 0 Å². The quantitative estimate of drug-likeness (QED) is 0.663. The van der Waals surface area contributed by atoms with E-state index in [0.717, 1.165) is 5.56 Å². The van der Waals surface area contributed by atoms with Crippen molar-refractivity contribution in [1.82, 2.24) is 10.8 Å². The third-order valence-corrected chi connectivity index (χ3v) is 2.47. The lowest BCUT2D eigenvalue weighted by atomic mass is 10.2. The summed E-state index contributed by atoms with van der Waals surface area (Å²) in [6, 6.07) is 7.96. The summed E-state index contributed by atoms with van der Waals surface area (Å²) < 4.78 is 4.97.